The topological polar surface area (TPSA) is 107 Å². The van der Waals surface area contributed by atoms with Gasteiger partial charge in [-0.05, 0) is 24.3 Å². The molecule has 0 atom stereocenters. The van der Waals surface area contributed by atoms with Gasteiger partial charge in [-0.3, -0.25) is 14.9 Å². The quantitative estimate of drug-likeness (QED) is 0.566. The fourth-order valence-corrected chi connectivity index (χ4v) is 4.67. The molecule has 0 saturated carbocycles. The van der Waals surface area contributed by atoms with E-state index in [1.54, 1.807) is 6.07 Å². The lowest BCUT2D eigenvalue weighted by Gasteiger charge is -2.26. The van der Waals surface area contributed by atoms with Gasteiger partial charge in [-0.2, -0.15) is 0 Å². The molecule has 0 N–H and O–H groups in total. The second kappa shape index (κ2) is 7.63. The Balaban J connectivity index is 2.06. The average Bonchev–Trinajstić information content (AvgIpc) is 2.67. The van der Waals surface area contributed by atoms with E-state index in [0.717, 1.165) is 12.1 Å². The summed E-state index contributed by atoms with van der Waals surface area (Å²) in [5, 5.41) is 11.5. The molecule has 0 unspecified atom stereocenters. The van der Waals surface area contributed by atoms with E-state index in [0.29, 0.717) is 26.3 Å². The molecular weight excluding hydrogens is 396 g/mol. The number of nitrogens with zero attached hydrogens (tertiary/aromatic N) is 2. The molecule has 2 aromatic rings. The van der Waals surface area contributed by atoms with E-state index in [-0.39, 0.29) is 15.5 Å². The Labute approximate surface area is 160 Å². The number of hydrogen-bond acceptors (Lipinski definition) is 6. The summed E-state index contributed by atoms with van der Waals surface area (Å²) in [4.78, 5) is 24.0. The number of benzene rings is 2. The first-order valence-corrected chi connectivity index (χ1v) is 9.83. The Hall–Kier alpha value is -2.49. The molecule has 0 spiro atoms. The third kappa shape index (κ3) is 3.80. The maximum absolute atomic E-state index is 12.9. The van der Waals surface area contributed by atoms with Crippen LogP contribution < -0.4 is 0 Å². The molecule has 0 aliphatic carbocycles. The summed E-state index contributed by atoms with van der Waals surface area (Å²) in [6.07, 6.45) is 0. The van der Waals surface area contributed by atoms with Crippen LogP contribution in [0.15, 0.2) is 52.3 Å². The number of morpholine rings is 1. The minimum Gasteiger partial charge on any atom is -0.378 e. The number of halogens is 1. The van der Waals surface area contributed by atoms with Crippen molar-refractivity contribution >= 4 is 33.0 Å². The second-order valence-corrected chi connectivity index (χ2v) is 8.07. The lowest BCUT2D eigenvalue weighted by molar-refractivity contribution is -0.387. The van der Waals surface area contributed by atoms with Crippen LogP contribution in [-0.4, -0.2) is 50.5 Å². The third-order valence-corrected chi connectivity index (χ3v) is 6.42. The van der Waals surface area contributed by atoms with E-state index in [1.165, 1.54) is 29.2 Å². The molecule has 0 aromatic heterocycles. The lowest BCUT2D eigenvalue weighted by atomic mass is 10.1. The molecule has 10 heteroatoms. The van der Waals surface area contributed by atoms with Crippen LogP contribution in [0.5, 0.6) is 0 Å². The number of nitro benzene ring substituents is 1. The van der Waals surface area contributed by atoms with Crippen molar-refractivity contribution in [1.29, 1.82) is 0 Å². The monoisotopic (exact) mass is 410 g/mol. The Morgan fingerprint density at radius 3 is 2.41 bits per heavy atom. The van der Waals surface area contributed by atoms with Gasteiger partial charge in [-0.25, -0.2) is 8.42 Å². The van der Waals surface area contributed by atoms with Crippen LogP contribution in [-0.2, 0) is 14.6 Å². The van der Waals surface area contributed by atoms with Crippen LogP contribution >= 0.6 is 11.6 Å². The van der Waals surface area contributed by atoms with Gasteiger partial charge in [0.25, 0.3) is 11.6 Å². The van der Waals surface area contributed by atoms with Crippen molar-refractivity contribution in [2.24, 2.45) is 0 Å². The molecule has 1 fully saturated rings. The zero-order valence-corrected chi connectivity index (χ0v) is 15.6. The van der Waals surface area contributed by atoms with E-state index in [2.05, 4.69) is 0 Å². The van der Waals surface area contributed by atoms with Crippen molar-refractivity contribution in [2.45, 2.75) is 9.79 Å². The van der Waals surface area contributed by atoms with Gasteiger partial charge in [0, 0.05) is 24.7 Å². The SMILES string of the molecule is O=C(c1ccc(S(=O)(=O)c2ccccc2Cl)c([N+](=O)[O-])c1)N1CCOCC1. The smallest absolute Gasteiger partial charge is 0.289 e. The highest BCUT2D eigenvalue weighted by Gasteiger charge is 2.31. The highest BCUT2D eigenvalue weighted by atomic mass is 35.5. The number of carbonyl (C=O) groups is 1. The second-order valence-electron chi connectivity index (χ2n) is 5.78. The van der Waals surface area contributed by atoms with Crippen molar-refractivity contribution in [3.8, 4) is 0 Å². The molecule has 0 bridgehead atoms. The molecule has 3 rings (SSSR count). The first-order valence-electron chi connectivity index (χ1n) is 7.97. The third-order valence-electron chi connectivity index (χ3n) is 4.12. The van der Waals surface area contributed by atoms with E-state index in [9.17, 15) is 23.3 Å². The lowest BCUT2D eigenvalue weighted by Crippen LogP contribution is -2.40. The standard InChI is InChI=1S/C17H15ClN2O6S/c18-13-3-1-2-4-15(13)27(24,25)16-6-5-12(11-14(16)20(22)23)17(21)19-7-9-26-10-8-19/h1-6,11H,7-10H2. The zero-order chi connectivity index (χ0) is 19.6. The number of rotatable bonds is 4. The normalized spacial score (nSPS) is 14.8. The molecule has 27 heavy (non-hydrogen) atoms. The Bertz CT molecular complexity index is 1000. The highest BCUT2D eigenvalue weighted by molar-refractivity contribution is 7.91. The van der Waals surface area contributed by atoms with Gasteiger partial charge in [0.2, 0.25) is 9.84 Å². The van der Waals surface area contributed by atoms with Gasteiger partial charge < -0.3 is 9.64 Å². The van der Waals surface area contributed by atoms with Crippen molar-refractivity contribution in [1.82, 2.24) is 4.90 Å². The van der Waals surface area contributed by atoms with E-state index in [1.807, 2.05) is 0 Å². The number of carbonyl (C=O) groups excluding carboxylic acids is 1. The maximum atomic E-state index is 12.9. The molecule has 1 aliphatic rings. The molecule has 1 saturated heterocycles. The molecular formula is C17H15ClN2O6S. The molecule has 142 valence electrons. The van der Waals surface area contributed by atoms with Crippen LogP contribution in [0, 0.1) is 10.1 Å². The van der Waals surface area contributed by atoms with Gasteiger partial charge >= 0.3 is 0 Å². The summed E-state index contributed by atoms with van der Waals surface area (Å²) in [7, 11) is -4.23. The highest BCUT2D eigenvalue weighted by Crippen LogP contribution is 2.33. The minimum absolute atomic E-state index is 0.0414. The van der Waals surface area contributed by atoms with Crippen molar-refractivity contribution in [3.05, 3.63) is 63.2 Å². The average molecular weight is 411 g/mol. The number of ether oxygens (including phenoxy) is 1. The van der Waals surface area contributed by atoms with Gasteiger partial charge in [0.15, 0.2) is 0 Å². The summed E-state index contributed by atoms with van der Waals surface area (Å²) < 4.78 is 30.9. The summed E-state index contributed by atoms with van der Waals surface area (Å²) in [5.74, 6) is -0.414. The van der Waals surface area contributed by atoms with Crippen LogP contribution in [0.1, 0.15) is 10.4 Å². The summed E-state index contributed by atoms with van der Waals surface area (Å²) >= 11 is 5.95. The minimum atomic E-state index is -4.23. The molecule has 0 radical (unpaired) electrons. The largest absolute Gasteiger partial charge is 0.378 e. The molecule has 1 heterocycles. The Morgan fingerprint density at radius 2 is 1.78 bits per heavy atom. The predicted octanol–water partition coefficient (Wildman–Crippen LogP) is 2.55. The van der Waals surface area contributed by atoms with E-state index < -0.39 is 31.3 Å². The van der Waals surface area contributed by atoms with Crippen LogP contribution in [0.2, 0.25) is 5.02 Å². The van der Waals surface area contributed by atoms with Crippen molar-refractivity contribution in [3.63, 3.8) is 0 Å². The number of nitro groups is 1. The summed E-state index contributed by atoms with van der Waals surface area (Å²) in [5.41, 5.74) is -0.629. The fraction of sp³-hybridized carbons (Fsp3) is 0.235. The number of amides is 1. The fourth-order valence-electron chi connectivity index (χ4n) is 2.75. The Morgan fingerprint density at radius 1 is 1.11 bits per heavy atom. The molecule has 1 amide bonds. The van der Waals surface area contributed by atoms with Crippen LogP contribution in [0.4, 0.5) is 5.69 Å². The van der Waals surface area contributed by atoms with E-state index >= 15 is 0 Å². The van der Waals surface area contributed by atoms with Gasteiger partial charge in [-0.15, -0.1) is 0 Å². The van der Waals surface area contributed by atoms with Crippen LogP contribution in [0.25, 0.3) is 0 Å². The first-order chi connectivity index (χ1) is 12.8. The first kappa shape index (κ1) is 19.3. The van der Waals surface area contributed by atoms with E-state index in [4.69, 9.17) is 16.3 Å². The Kier molecular flexibility index (Phi) is 5.45. The summed E-state index contributed by atoms with van der Waals surface area (Å²) in [6, 6.07) is 9.02. The van der Waals surface area contributed by atoms with Gasteiger partial charge in [-0.1, -0.05) is 23.7 Å². The summed E-state index contributed by atoms with van der Waals surface area (Å²) in [6.45, 7) is 1.50. The van der Waals surface area contributed by atoms with Gasteiger partial charge in [0.1, 0.15) is 4.90 Å². The maximum Gasteiger partial charge on any atom is 0.289 e. The van der Waals surface area contributed by atoms with Gasteiger partial charge in [0.05, 0.1) is 28.1 Å². The molecule has 2 aromatic carbocycles. The van der Waals surface area contributed by atoms with Crippen LogP contribution in [0.3, 0.4) is 0 Å². The predicted molar refractivity (Wildman–Crippen MR) is 96.7 cm³/mol. The zero-order valence-electron chi connectivity index (χ0n) is 14.0. The van der Waals surface area contributed by atoms with Crippen molar-refractivity contribution in [2.75, 3.05) is 26.3 Å². The molecule has 1 aliphatic heterocycles. The van der Waals surface area contributed by atoms with Crippen molar-refractivity contribution < 1.29 is 22.9 Å². The number of hydrogen-bond donors (Lipinski definition) is 0. The number of sulfone groups is 1. The molecule has 8 nitrogen and oxygen atoms in total.